The molecule has 0 fully saturated rings. The summed E-state index contributed by atoms with van der Waals surface area (Å²) in [4.78, 5) is 0. The molecular weight excluding hydrogens is 252 g/mol. The molecule has 0 saturated heterocycles. The number of hydrogen-bond acceptors (Lipinski definition) is 3. The molecule has 1 aliphatic rings. The molecule has 104 valence electrons. The molecule has 20 heavy (non-hydrogen) atoms. The first-order valence-electron chi connectivity index (χ1n) is 6.60. The molecule has 0 N–H and O–H groups in total. The van der Waals surface area contributed by atoms with E-state index >= 15 is 0 Å². The fraction of sp³-hybridized carbons (Fsp3) is 0.294. The van der Waals surface area contributed by atoms with Gasteiger partial charge in [0.15, 0.2) is 0 Å². The van der Waals surface area contributed by atoms with Gasteiger partial charge < -0.3 is 14.2 Å². The molecule has 0 aliphatic heterocycles. The van der Waals surface area contributed by atoms with Gasteiger partial charge in [0.2, 0.25) is 5.79 Å². The van der Waals surface area contributed by atoms with Crippen molar-refractivity contribution in [2.45, 2.75) is 11.9 Å². The van der Waals surface area contributed by atoms with Crippen molar-refractivity contribution in [2.75, 3.05) is 21.3 Å². The summed E-state index contributed by atoms with van der Waals surface area (Å²) in [6, 6.07) is 16.2. The largest absolute Gasteiger partial charge is 0.372 e. The first kappa shape index (κ1) is 13.3. The molecule has 0 saturated carbocycles. The Bertz CT molecular complexity index is 568. The smallest absolute Gasteiger partial charge is 0.222 e. The van der Waals surface area contributed by atoms with E-state index in [2.05, 4.69) is 12.1 Å². The summed E-state index contributed by atoms with van der Waals surface area (Å²) in [6.07, 6.45) is -0.0965. The summed E-state index contributed by atoms with van der Waals surface area (Å²) in [6.45, 7) is 0. The standard InChI is InChI=1S/C17H18O3/c1-18-16-12-8-4-6-10-14(12)17(19-2,20-3)15-11-7-5-9-13(15)16/h4-11,16H,1-3H3. The van der Waals surface area contributed by atoms with Gasteiger partial charge in [0, 0.05) is 32.5 Å². The molecule has 0 atom stereocenters. The topological polar surface area (TPSA) is 27.7 Å². The molecule has 1 aliphatic carbocycles. The predicted molar refractivity (Wildman–Crippen MR) is 76.5 cm³/mol. The van der Waals surface area contributed by atoms with E-state index in [4.69, 9.17) is 14.2 Å². The zero-order valence-corrected chi connectivity index (χ0v) is 11.9. The average Bonchev–Trinajstić information content (AvgIpc) is 2.53. The van der Waals surface area contributed by atoms with Crippen LogP contribution in [0.2, 0.25) is 0 Å². The minimum absolute atomic E-state index is 0.0965. The van der Waals surface area contributed by atoms with E-state index in [9.17, 15) is 0 Å². The van der Waals surface area contributed by atoms with Crippen LogP contribution in [-0.2, 0) is 20.0 Å². The third-order valence-electron chi connectivity index (χ3n) is 4.01. The Morgan fingerprint density at radius 1 is 0.750 bits per heavy atom. The van der Waals surface area contributed by atoms with Crippen molar-refractivity contribution in [1.82, 2.24) is 0 Å². The van der Waals surface area contributed by atoms with Crippen LogP contribution in [0.3, 0.4) is 0 Å². The second-order valence-corrected chi connectivity index (χ2v) is 4.82. The lowest BCUT2D eigenvalue weighted by Gasteiger charge is -2.40. The van der Waals surface area contributed by atoms with Crippen LogP contribution in [0.4, 0.5) is 0 Å². The van der Waals surface area contributed by atoms with Crippen LogP contribution >= 0.6 is 0 Å². The normalized spacial score (nSPS) is 16.6. The lowest BCUT2D eigenvalue weighted by molar-refractivity contribution is -0.188. The minimum Gasteiger partial charge on any atom is -0.372 e. The highest BCUT2D eigenvalue weighted by molar-refractivity contribution is 5.52. The first-order valence-corrected chi connectivity index (χ1v) is 6.60. The Kier molecular flexibility index (Phi) is 3.34. The Hall–Kier alpha value is -1.68. The van der Waals surface area contributed by atoms with Crippen molar-refractivity contribution >= 4 is 0 Å². The molecule has 0 radical (unpaired) electrons. The van der Waals surface area contributed by atoms with E-state index in [0.717, 1.165) is 22.3 Å². The van der Waals surface area contributed by atoms with Crippen molar-refractivity contribution in [3.63, 3.8) is 0 Å². The lowest BCUT2D eigenvalue weighted by atomic mass is 9.79. The van der Waals surface area contributed by atoms with Crippen LogP contribution in [0.5, 0.6) is 0 Å². The second-order valence-electron chi connectivity index (χ2n) is 4.82. The summed E-state index contributed by atoms with van der Waals surface area (Å²) in [7, 11) is 5.07. The van der Waals surface area contributed by atoms with Gasteiger partial charge in [0.1, 0.15) is 6.10 Å². The van der Waals surface area contributed by atoms with Gasteiger partial charge in [0.25, 0.3) is 0 Å². The lowest BCUT2D eigenvalue weighted by Crippen LogP contribution is -2.38. The number of fused-ring (bicyclic) bond motifs is 2. The number of benzene rings is 2. The molecule has 3 rings (SSSR count). The Morgan fingerprint density at radius 2 is 1.20 bits per heavy atom. The molecule has 0 spiro atoms. The molecule has 2 aromatic carbocycles. The molecule has 3 heteroatoms. The van der Waals surface area contributed by atoms with Gasteiger partial charge in [0.05, 0.1) is 0 Å². The summed E-state index contributed by atoms with van der Waals surface area (Å²) in [5.41, 5.74) is 4.15. The summed E-state index contributed by atoms with van der Waals surface area (Å²) in [5.74, 6) is -0.873. The van der Waals surface area contributed by atoms with Crippen molar-refractivity contribution in [3.05, 3.63) is 70.8 Å². The van der Waals surface area contributed by atoms with E-state index in [0.29, 0.717) is 0 Å². The summed E-state index contributed by atoms with van der Waals surface area (Å²) in [5, 5.41) is 0. The van der Waals surface area contributed by atoms with Crippen molar-refractivity contribution in [3.8, 4) is 0 Å². The maximum Gasteiger partial charge on any atom is 0.222 e. The van der Waals surface area contributed by atoms with Crippen LogP contribution in [-0.4, -0.2) is 21.3 Å². The zero-order chi connectivity index (χ0) is 14.2. The molecule has 0 bridgehead atoms. The van der Waals surface area contributed by atoms with Gasteiger partial charge in [-0.2, -0.15) is 0 Å². The maximum atomic E-state index is 5.80. The van der Waals surface area contributed by atoms with Gasteiger partial charge >= 0.3 is 0 Å². The fourth-order valence-corrected chi connectivity index (χ4v) is 3.14. The van der Waals surface area contributed by atoms with E-state index in [1.807, 2.05) is 36.4 Å². The van der Waals surface area contributed by atoms with E-state index in [-0.39, 0.29) is 6.10 Å². The predicted octanol–water partition coefficient (Wildman–Crippen LogP) is 3.23. The van der Waals surface area contributed by atoms with Gasteiger partial charge in [-0.05, 0) is 11.1 Å². The molecule has 0 aromatic heterocycles. The second kappa shape index (κ2) is 5.02. The molecule has 0 heterocycles. The van der Waals surface area contributed by atoms with Crippen molar-refractivity contribution in [1.29, 1.82) is 0 Å². The van der Waals surface area contributed by atoms with Crippen LogP contribution < -0.4 is 0 Å². The average molecular weight is 270 g/mol. The van der Waals surface area contributed by atoms with Crippen LogP contribution in [0.15, 0.2) is 48.5 Å². The Labute approximate surface area is 119 Å². The first-order chi connectivity index (χ1) is 9.78. The van der Waals surface area contributed by atoms with Crippen molar-refractivity contribution in [2.24, 2.45) is 0 Å². The number of hydrogen-bond donors (Lipinski definition) is 0. The number of methoxy groups -OCH3 is 3. The van der Waals surface area contributed by atoms with E-state index < -0.39 is 5.79 Å². The minimum atomic E-state index is -0.873. The Balaban J connectivity index is 2.35. The monoisotopic (exact) mass is 270 g/mol. The van der Waals surface area contributed by atoms with Crippen LogP contribution in [0.25, 0.3) is 0 Å². The third kappa shape index (κ3) is 1.64. The molecule has 0 unspecified atom stereocenters. The zero-order valence-electron chi connectivity index (χ0n) is 11.9. The molecule has 2 aromatic rings. The molecule has 3 nitrogen and oxygen atoms in total. The number of ether oxygens (including phenoxy) is 3. The van der Waals surface area contributed by atoms with Gasteiger partial charge in [-0.1, -0.05) is 48.5 Å². The van der Waals surface area contributed by atoms with Crippen LogP contribution in [0, 0.1) is 0 Å². The third-order valence-corrected chi connectivity index (χ3v) is 4.01. The highest BCUT2D eigenvalue weighted by atomic mass is 16.7. The highest BCUT2D eigenvalue weighted by Gasteiger charge is 2.44. The van der Waals surface area contributed by atoms with Gasteiger partial charge in [-0.25, -0.2) is 0 Å². The quantitative estimate of drug-likeness (QED) is 0.801. The van der Waals surface area contributed by atoms with E-state index in [1.54, 1.807) is 21.3 Å². The fourth-order valence-electron chi connectivity index (χ4n) is 3.14. The van der Waals surface area contributed by atoms with Gasteiger partial charge in [-0.3, -0.25) is 0 Å². The SMILES string of the molecule is COC1c2ccccc2C(OC)(OC)c2ccccc21. The summed E-state index contributed by atoms with van der Waals surface area (Å²) < 4.78 is 17.3. The Morgan fingerprint density at radius 3 is 1.60 bits per heavy atom. The van der Waals surface area contributed by atoms with Crippen LogP contribution in [0.1, 0.15) is 28.4 Å². The maximum absolute atomic E-state index is 5.80. The number of rotatable bonds is 3. The molecular formula is C17H18O3. The van der Waals surface area contributed by atoms with E-state index in [1.165, 1.54) is 0 Å². The van der Waals surface area contributed by atoms with Crippen molar-refractivity contribution < 1.29 is 14.2 Å². The highest BCUT2D eigenvalue weighted by Crippen LogP contribution is 2.47. The van der Waals surface area contributed by atoms with Gasteiger partial charge in [-0.15, -0.1) is 0 Å². The molecule has 0 amide bonds. The summed E-state index contributed by atoms with van der Waals surface area (Å²) >= 11 is 0.